The van der Waals surface area contributed by atoms with E-state index in [4.69, 9.17) is 0 Å². The molecule has 0 aromatic carbocycles. The van der Waals surface area contributed by atoms with Crippen LogP contribution in [0.25, 0.3) is 0 Å². The van der Waals surface area contributed by atoms with Gasteiger partial charge in [-0.2, -0.15) is 0 Å². The van der Waals surface area contributed by atoms with Crippen molar-refractivity contribution in [2.24, 2.45) is 0 Å². The first-order chi connectivity index (χ1) is 10.1. The van der Waals surface area contributed by atoms with E-state index in [0.29, 0.717) is 19.0 Å². The molecule has 1 unspecified atom stereocenters. The maximum Gasteiger partial charge on any atom is 0.319 e. The minimum Gasteiger partial charge on any atom is -0.352 e. The average Bonchev–Trinajstić information content (AvgIpc) is 3.18. The second-order valence-electron chi connectivity index (χ2n) is 5.98. The lowest BCUT2D eigenvalue weighted by molar-refractivity contribution is -0.119. The van der Waals surface area contributed by atoms with Crippen LogP contribution < -0.4 is 5.32 Å². The number of carbonyl (C=O) groups excluding carboxylic acids is 2. The predicted molar refractivity (Wildman–Crippen MR) is 78.8 cm³/mol. The molecule has 3 rings (SSSR count). The highest BCUT2D eigenvalue weighted by molar-refractivity contribution is 5.79. The van der Waals surface area contributed by atoms with Gasteiger partial charge in [0.1, 0.15) is 0 Å². The van der Waals surface area contributed by atoms with Gasteiger partial charge < -0.3 is 19.7 Å². The molecule has 0 radical (unpaired) electrons. The van der Waals surface area contributed by atoms with Crippen LogP contribution in [-0.4, -0.2) is 59.0 Å². The predicted octanol–water partition coefficient (Wildman–Crippen LogP) is 1.07. The van der Waals surface area contributed by atoms with Crippen molar-refractivity contribution in [1.29, 1.82) is 0 Å². The molecule has 1 aromatic heterocycles. The molecule has 0 bridgehead atoms. The topological polar surface area (TPSA) is 57.6 Å². The fourth-order valence-corrected chi connectivity index (χ4v) is 3.21. The Bertz CT molecular complexity index is 514. The molecule has 2 atom stereocenters. The summed E-state index contributed by atoms with van der Waals surface area (Å²) in [4.78, 5) is 27.3. The largest absolute Gasteiger partial charge is 0.352 e. The van der Waals surface area contributed by atoms with Crippen molar-refractivity contribution in [2.45, 2.75) is 31.3 Å². The summed E-state index contributed by atoms with van der Waals surface area (Å²) in [6, 6.07) is 4.57. The van der Waals surface area contributed by atoms with Crippen LogP contribution in [0.3, 0.4) is 0 Å². The van der Waals surface area contributed by atoms with Crippen LogP contribution in [0.2, 0.25) is 0 Å². The molecule has 21 heavy (non-hydrogen) atoms. The first kappa shape index (κ1) is 14.0. The molecular weight excluding hydrogens is 268 g/mol. The molecule has 0 saturated carbocycles. The second-order valence-corrected chi connectivity index (χ2v) is 5.98. The first-order valence-electron chi connectivity index (χ1n) is 7.55. The number of amides is 3. The molecule has 114 valence electrons. The van der Waals surface area contributed by atoms with Gasteiger partial charge in [0, 0.05) is 51.5 Å². The summed E-state index contributed by atoms with van der Waals surface area (Å²) < 4.78 is 2.17. The van der Waals surface area contributed by atoms with Gasteiger partial charge in [0.2, 0.25) is 5.91 Å². The molecule has 0 spiro atoms. The fraction of sp³-hybridized carbons (Fsp3) is 0.600. The third-order valence-electron chi connectivity index (χ3n) is 4.39. The highest BCUT2D eigenvalue weighted by Gasteiger charge is 2.30. The monoisotopic (exact) mass is 290 g/mol. The summed E-state index contributed by atoms with van der Waals surface area (Å²) in [6.45, 7) is 2.15. The Kier molecular flexibility index (Phi) is 3.86. The lowest BCUT2D eigenvalue weighted by Crippen LogP contribution is -2.45. The average molecular weight is 290 g/mol. The van der Waals surface area contributed by atoms with Gasteiger partial charge in [-0.15, -0.1) is 0 Å². The number of likely N-dealkylation sites (tertiary alicyclic amines) is 1. The maximum absolute atomic E-state index is 12.5. The van der Waals surface area contributed by atoms with Gasteiger partial charge in [-0.25, -0.2) is 4.79 Å². The Hall–Kier alpha value is -1.98. The zero-order valence-corrected chi connectivity index (χ0v) is 12.4. The van der Waals surface area contributed by atoms with E-state index in [1.807, 2.05) is 24.1 Å². The number of hydrogen-bond donors (Lipinski definition) is 1. The van der Waals surface area contributed by atoms with Gasteiger partial charge in [-0.1, -0.05) is 0 Å². The van der Waals surface area contributed by atoms with Crippen LogP contribution in [0, 0.1) is 0 Å². The van der Waals surface area contributed by atoms with Crippen LogP contribution in [-0.2, 0) is 4.79 Å². The van der Waals surface area contributed by atoms with Crippen LogP contribution in [0.4, 0.5) is 4.79 Å². The van der Waals surface area contributed by atoms with Crippen molar-refractivity contribution < 1.29 is 9.59 Å². The van der Waals surface area contributed by atoms with Gasteiger partial charge >= 0.3 is 6.03 Å². The summed E-state index contributed by atoms with van der Waals surface area (Å²) in [7, 11) is 1.82. The summed E-state index contributed by atoms with van der Waals surface area (Å²) in [5.74, 6) is 0.0923. The normalized spacial score (nSPS) is 25.2. The van der Waals surface area contributed by atoms with Crippen molar-refractivity contribution in [3.8, 4) is 0 Å². The second kappa shape index (κ2) is 5.79. The van der Waals surface area contributed by atoms with E-state index in [9.17, 15) is 9.59 Å². The van der Waals surface area contributed by atoms with Gasteiger partial charge in [-0.3, -0.25) is 4.79 Å². The number of aromatic nitrogens is 1. The molecule has 3 heterocycles. The summed E-state index contributed by atoms with van der Waals surface area (Å²) >= 11 is 0. The van der Waals surface area contributed by atoms with E-state index in [-0.39, 0.29) is 18.0 Å². The van der Waals surface area contributed by atoms with Crippen molar-refractivity contribution in [2.75, 3.05) is 26.7 Å². The van der Waals surface area contributed by atoms with Gasteiger partial charge in [0.05, 0.1) is 6.04 Å². The van der Waals surface area contributed by atoms with Crippen LogP contribution in [0.5, 0.6) is 0 Å². The fourth-order valence-electron chi connectivity index (χ4n) is 3.21. The van der Waals surface area contributed by atoms with E-state index in [1.165, 1.54) is 0 Å². The number of likely N-dealkylation sites (N-methyl/N-ethyl adjacent to an activating group) is 1. The number of hydrogen-bond acceptors (Lipinski definition) is 2. The number of rotatable bonds is 3. The Morgan fingerprint density at radius 2 is 2.14 bits per heavy atom. The van der Waals surface area contributed by atoms with E-state index in [0.717, 1.165) is 25.9 Å². The van der Waals surface area contributed by atoms with Gasteiger partial charge in [-0.05, 0) is 25.0 Å². The molecular formula is C15H22N4O2. The van der Waals surface area contributed by atoms with Crippen LogP contribution in [0.1, 0.15) is 25.3 Å². The summed E-state index contributed by atoms with van der Waals surface area (Å²) in [6.07, 6.45) is 6.50. The Balaban J connectivity index is 1.52. The smallest absolute Gasteiger partial charge is 0.319 e. The minimum atomic E-state index is 0.0609. The molecule has 2 fully saturated rings. The highest BCUT2D eigenvalue weighted by atomic mass is 16.2. The van der Waals surface area contributed by atoms with Crippen molar-refractivity contribution in [3.63, 3.8) is 0 Å². The third-order valence-corrected chi connectivity index (χ3v) is 4.39. The Morgan fingerprint density at radius 3 is 2.81 bits per heavy atom. The van der Waals surface area contributed by atoms with Crippen LogP contribution >= 0.6 is 0 Å². The zero-order chi connectivity index (χ0) is 14.8. The number of urea groups is 1. The lowest BCUT2D eigenvalue weighted by atomic mass is 10.2. The Morgan fingerprint density at radius 1 is 1.38 bits per heavy atom. The van der Waals surface area contributed by atoms with E-state index >= 15 is 0 Å². The molecule has 6 heteroatoms. The SMILES string of the molecule is CN(C[C@@H]1CCC(=O)N1)C(=O)N1CCC(n2cccc2)C1. The molecule has 1 N–H and O–H groups in total. The summed E-state index contributed by atoms with van der Waals surface area (Å²) in [5, 5.41) is 2.91. The standard InChI is InChI=1S/C15H22N4O2/c1-17(10-12-4-5-14(20)16-12)15(21)19-9-6-13(11-19)18-7-2-3-8-18/h2-3,7-8,12-13H,4-6,9-11H2,1H3,(H,16,20)/t12-,13?/m0/s1. The third kappa shape index (κ3) is 3.04. The first-order valence-corrected chi connectivity index (χ1v) is 7.55. The molecule has 6 nitrogen and oxygen atoms in total. The minimum absolute atomic E-state index is 0.0609. The lowest BCUT2D eigenvalue weighted by Gasteiger charge is -2.27. The molecule has 2 aliphatic rings. The van der Waals surface area contributed by atoms with Crippen molar-refractivity contribution in [1.82, 2.24) is 19.7 Å². The highest BCUT2D eigenvalue weighted by Crippen LogP contribution is 2.22. The van der Waals surface area contributed by atoms with E-state index < -0.39 is 0 Å². The van der Waals surface area contributed by atoms with E-state index in [1.54, 1.807) is 4.90 Å². The molecule has 3 amide bonds. The van der Waals surface area contributed by atoms with E-state index in [2.05, 4.69) is 22.3 Å². The number of nitrogens with zero attached hydrogens (tertiary/aromatic N) is 3. The summed E-state index contributed by atoms with van der Waals surface area (Å²) in [5.41, 5.74) is 0. The molecule has 2 saturated heterocycles. The number of nitrogens with one attached hydrogen (secondary N) is 1. The molecule has 0 aliphatic carbocycles. The quantitative estimate of drug-likeness (QED) is 0.905. The maximum atomic E-state index is 12.5. The molecule has 1 aromatic rings. The number of carbonyl (C=O) groups is 2. The zero-order valence-electron chi connectivity index (χ0n) is 12.4. The van der Waals surface area contributed by atoms with Gasteiger partial charge in [0.15, 0.2) is 0 Å². The van der Waals surface area contributed by atoms with Gasteiger partial charge in [0.25, 0.3) is 0 Å². The van der Waals surface area contributed by atoms with Crippen molar-refractivity contribution in [3.05, 3.63) is 24.5 Å². The molecule has 2 aliphatic heterocycles. The Labute approximate surface area is 124 Å². The van der Waals surface area contributed by atoms with Crippen molar-refractivity contribution >= 4 is 11.9 Å². The van der Waals surface area contributed by atoms with Crippen LogP contribution in [0.15, 0.2) is 24.5 Å².